The molecule has 2 aromatic heterocycles. The van der Waals surface area contributed by atoms with Gasteiger partial charge in [-0.15, -0.1) is 0 Å². The van der Waals surface area contributed by atoms with Gasteiger partial charge in [0.05, 0.1) is 11.3 Å². The van der Waals surface area contributed by atoms with Gasteiger partial charge in [0.1, 0.15) is 4.83 Å². The van der Waals surface area contributed by atoms with Gasteiger partial charge in [-0.2, -0.15) is 4.37 Å². The zero-order chi connectivity index (χ0) is 9.42. The quantitative estimate of drug-likeness (QED) is 0.750. The molecule has 1 N–H and O–H groups in total. The predicted molar refractivity (Wildman–Crippen MR) is 49.1 cm³/mol. The van der Waals surface area contributed by atoms with Gasteiger partial charge in [0.2, 0.25) is 0 Å². The van der Waals surface area contributed by atoms with Crippen molar-refractivity contribution in [2.45, 2.75) is 6.92 Å². The van der Waals surface area contributed by atoms with Crippen LogP contribution >= 0.6 is 11.5 Å². The van der Waals surface area contributed by atoms with E-state index in [1.165, 1.54) is 23.8 Å². The monoisotopic (exact) mass is 194 g/mol. The molecule has 0 amide bonds. The van der Waals surface area contributed by atoms with Gasteiger partial charge < -0.3 is 5.11 Å². The van der Waals surface area contributed by atoms with Crippen molar-refractivity contribution >= 4 is 27.7 Å². The molecule has 0 spiro atoms. The van der Waals surface area contributed by atoms with E-state index in [0.717, 1.165) is 5.69 Å². The van der Waals surface area contributed by atoms with E-state index in [2.05, 4.69) is 9.36 Å². The Morgan fingerprint density at radius 1 is 1.62 bits per heavy atom. The number of carboxylic acids is 1. The van der Waals surface area contributed by atoms with Gasteiger partial charge in [0, 0.05) is 11.6 Å². The molecule has 0 aromatic carbocycles. The summed E-state index contributed by atoms with van der Waals surface area (Å²) in [4.78, 5) is 15.5. The molecule has 0 saturated carbocycles. The number of rotatable bonds is 1. The number of hydrogen-bond acceptors (Lipinski definition) is 4. The lowest BCUT2D eigenvalue weighted by molar-refractivity contribution is 0.0699. The standard InChI is InChI=1S/C8H6N2O2S/c1-4-6-5(8(11)12)2-3-9-7(6)13-10-4/h2-3H,1H3,(H,11,12). The molecule has 66 valence electrons. The van der Waals surface area contributed by atoms with Crippen LogP contribution < -0.4 is 0 Å². The maximum absolute atomic E-state index is 10.8. The second kappa shape index (κ2) is 2.77. The van der Waals surface area contributed by atoms with Crippen molar-refractivity contribution < 1.29 is 9.90 Å². The second-order valence-electron chi connectivity index (χ2n) is 2.61. The van der Waals surface area contributed by atoms with Crippen molar-refractivity contribution in [1.29, 1.82) is 0 Å². The largest absolute Gasteiger partial charge is 0.478 e. The van der Waals surface area contributed by atoms with Gasteiger partial charge in [-0.3, -0.25) is 0 Å². The van der Waals surface area contributed by atoms with Crippen molar-refractivity contribution in [1.82, 2.24) is 9.36 Å². The number of aryl methyl sites for hydroxylation is 1. The van der Waals surface area contributed by atoms with Crippen LogP contribution in [0.3, 0.4) is 0 Å². The van der Waals surface area contributed by atoms with Crippen LogP contribution in [0.2, 0.25) is 0 Å². The number of carboxylic acid groups (broad SMARTS) is 1. The molecular formula is C8H6N2O2S. The number of carbonyl (C=O) groups is 1. The second-order valence-corrected chi connectivity index (χ2v) is 3.36. The SMILES string of the molecule is Cc1nsc2nccc(C(=O)O)c12. The highest BCUT2D eigenvalue weighted by molar-refractivity contribution is 7.13. The van der Waals surface area contributed by atoms with Crippen molar-refractivity contribution in [3.63, 3.8) is 0 Å². The number of aromatic nitrogens is 2. The first-order valence-electron chi connectivity index (χ1n) is 3.64. The van der Waals surface area contributed by atoms with E-state index < -0.39 is 5.97 Å². The molecule has 0 bridgehead atoms. The van der Waals surface area contributed by atoms with Gasteiger partial charge in [-0.1, -0.05) is 0 Å². The molecule has 5 heteroatoms. The van der Waals surface area contributed by atoms with Crippen LogP contribution in [0.25, 0.3) is 10.2 Å². The molecule has 2 rings (SSSR count). The minimum Gasteiger partial charge on any atom is -0.478 e. The van der Waals surface area contributed by atoms with Crippen molar-refractivity contribution in [2.24, 2.45) is 0 Å². The Morgan fingerprint density at radius 2 is 2.38 bits per heavy atom. The summed E-state index contributed by atoms with van der Waals surface area (Å²) in [6, 6.07) is 1.49. The van der Waals surface area contributed by atoms with Gasteiger partial charge >= 0.3 is 5.97 Å². The normalized spacial score (nSPS) is 10.5. The summed E-state index contributed by atoms with van der Waals surface area (Å²) in [5, 5.41) is 9.53. The molecule has 0 atom stereocenters. The molecule has 0 unspecified atom stereocenters. The fraction of sp³-hybridized carbons (Fsp3) is 0.125. The molecular weight excluding hydrogens is 188 g/mol. The Hall–Kier alpha value is -1.49. The van der Waals surface area contributed by atoms with Crippen LogP contribution in [0, 0.1) is 6.92 Å². The van der Waals surface area contributed by atoms with Crippen LogP contribution in [0.15, 0.2) is 12.3 Å². The van der Waals surface area contributed by atoms with E-state index in [1.54, 1.807) is 6.92 Å². The third-order valence-corrected chi connectivity index (χ3v) is 2.63. The molecule has 0 aliphatic rings. The molecule has 0 aliphatic heterocycles. The van der Waals surface area contributed by atoms with E-state index >= 15 is 0 Å². The first-order valence-corrected chi connectivity index (χ1v) is 4.42. The van der Waals surface area contributed by atoms with Crippen molar-refractivity contribution in [3.05, 3.63) is 23.5 Å². The number of fused-ring (bicyclic) bond motifs is 1. The fourth-order valence-electron chi connectivity index (χ4n) is 1.20. The molecule has 2 heterocycles. The summed E-state index contributed by atoms with van der Waals surface area (Å²) in [7, 11) is 0. The first-order chi connectivity index (χ1) is 6.20. The van der Waals surface area contributed by atoms with Crippen LogP contribution in [0.4, 0.5) is 0 Å². The molecule has 4 nitrogen and oxygen atoms in total. The lowest BCUT2D eigenvalue weighted by atomic mass is 10.1. The van der Waals surface area contributed by atoms with E-state index in [9.17, 15) is 4.79 Å². The highest BCUT2D eigenvalue weighted by atomic mass is 32.1. The van der Waals surface area contributed by atoms with Crippen LogP contribution in [0.5, 0.6) is 0 Å². The number of nitrogens with zero attached hydrogens (tertiary/aromatic N) is 2. The zero-order valence-corrected chi connectivity index (χ0v) is 7.63. The van der Waals surface area contributed by atoms with Gasteiger partial charge in [0.15, 0.2) is 0 Å². The molecule has 0 radical (unpaired) electrons. The third kappa shape index (κ3) is 1.17. The average Bonchev–Trinajstić information content (AvgIpc) is 2.48. The zero-order valence-electron chi connectivity index (χ0n) is 6.81. The highest BCUT2D eigenvalue weighted by Gasteiger charge is 2.12. The fourth-order valence-corrected chi connectivity index (χ4v) is 1.97. The number of aromatic carboxylic acids is 1. The molecule has 13 heavy (non-hydrogen) atoms. The Balaban J connectivity index is 2.88. The van der Waals surface area contributed by atoms with Crippen LogP contribution in [-0.4, -0.2) is 20.4 Å². The van der Waals surface area contributed by atoms with Gasteiger partial charge in [0.25, 0.3) is 0 Å². The Bertz CT molecular complexity index is 478. The Kier molecular flexibility index (Phi) is 1.73. The maximum atomic E-state index is 10.8. The van der Waals surface area contributed by atoms with Gasteiger partial charge in [-0.05, 0) is 24.5 Å². The smallest absolute Gasteiger partial charge is 0.336 e. The lowest BCUT2D eigenvalue weighted by Crippen LogP contribution is -1.97. The lowest BCUT2D eigenvalue weighted by Gasteiger charge is -1.95. The summed E-state index contributed by atoms with van der Waals surface area (Å²) in [6.07, 6.45) is 1.49. The predicted octanol–water partition coefficient (Wildman–Crippen LogP) is 1.70. The summed E-state index contributed by atoms with van der Waals surface area (Å²) in [5.41, 5.74) is 1.00. The van der Waals surface area contributed by atoms with Crippen LogP contribution in [0.1, 0.15) is 16.1 Å². The minimum absolute atomic E-state index is 0.274. The van der Waals surface area contributed by atoms with Crippen LogP contribution in [-0.2, 0) is 0 Å². The summed E-state index contributed by atoms with van der Waals surface area (Å²) in [6.45, 7) is 1.78. The van der Waals surface area contributed by atoms with E-state index in [1.807, 2.05) is 0 Å². The molecule has 0 saturated heterocycles. The Morgan fingerprint density at radius 3 is 3.08 bits per heavy atom. The number of hydrogen-bond donors (Lipinski definition) is 1. The van der Waals surface area contributed by atoms with Gasteiger partial charge in [-0.25, -0.2) is 9.78 Å². The highest BCUT2D eigenvalue weighted by Crippen LogP contribution is 2.23. The Labute approximate surface area is 78.0 Å². The van der Waals surface area contributed by atoms with E-state index in [-0.39, 0.29) is 5.56 Å². The molecule has 2 aromatic rings. The summed E-state index contributed by atoms with van der Waals surface area (Å²) in [5.74, 6) is -0.935. The van der Waals surface area contributed by atoms with Crippen molar-refractivity contribution in [2.75, 3.05) is 0 Å². The summed E-state index contributed by atoms with van der Waals surface area (Å²) >= 11 is 1.22. The molecule has 0 fully saturated rings. The topological polar surface area (TPSA) is 63.1 Å². The third-order valence-electron chi connectivity index (χ3n) is 1.78. The average molecular weight is 194 g/mol. The van der Waals surface area contributed by atoms with E-state index in [4.69, 9.17) is 5.11 Å². The summed E-state index contributed by atoms with van der Waals surface area (Å²) < 4.78 is 4.05. The first kappa shape index (κ1) is 8.12. The van der Waals surface area contributed by atoms with E-state index in [0.29, 0.717) is 10.2 Å². The molecule has 0 aliphatic carbocycles. The maximum Gasteiger partial charge on any atom is 0.336 e. The minimum atomic E-state index is -0.935. The number of pyridine rings is 1. The van der Waals surface area contributed by atoms with Crippen molar-refractivity contribution in [3.8, 4) is 0 Å².